The molecule has 0 radical (unpaired) electrons. The molecule has 3 rings (SSSR count). The Morgan fingerprint density at radius 3 is 2.78 bits per heavy atom. The average molecular weight is 311 g/mol. The lowest BCUT2D eigenvalue weighted by molar-refractivity contribution is 0.0950. The maximum atomic E-state index is 12.3. The van der Waals surface area contributed by atoms with Crippen LogP contribution in [0.15, 0.2) is 48.8 Å². The first-order valence-electron chi connectivity index (χ1n) is 7.14. The van der Waals surface area contributed by atoms with E-state index in [1.807, 2.05) is 24.4 Å². The lowest BCUT2D eigenvalue weighted by atomic mass is 10.2. The van der Waals surface area contributed by atoms with Crippen molar-refractivity contribution in [3.8, 4) is 11.5 Å². The highest BCUT2D eigenvalue weighted by atomic mass is 16.5. The predicted molar refractivity (Wildman–Crippen MR) is 85.9 cm³/mol. The number of hydrogen-bond acceptors (Lipinski definition) is 4. The SMILES string of the molecule is COc1ccc(C(=O)NCc2cnn3ccccc23)cc1OC. The van der Waals surface area contributed by atoms with Gasteiger partial charge >= 0.3 is 0 Å². The van der Waals surface area contributed by atoms with E-state index in [1.165, 1.54) is 0 Å². The fraction of sp³-hybridized carbons (Fsp3) is 0.176. The summed E-state index contributed by atoms with van der Waals surface area (Å²) in [5, 5.41) is 7.14. The number of nitrogens with zero attached hydrogens (tertiary/aromatic N) is 2. The van der Waals surface area contributed by atoms with Gasteiger partial charge in [-0.25, -0.2) is 4.52 Å². The van der Waals surface area contributed by atoms with Crippen molar-refractivity contribution in [2.75, 3.05) is 14.2 Å². The van der Waals surface area contributed by atoms with E-state index in [9.17, 15) is 4.79 Å². The number of hydrogen-bond donors (Lipinski definition) is 1. The normalized spacial score (nSPS) is 10.5. The van der Waals surface area contributed by atoms with Crippen LogP contribution in [0.4, 0.5) is 0 Å². The lowest BCUT2D eigenvalue weighted by Gasteiger charge is -2.09. The highest BCUT2D eigenvalue weighted by molar-refractivity contribution is 5.94. The number of amides is 1. The van der Waals surface area contributed by atoms with E-state index in [1.54, 1.807) is 43.1 Å². The van der Waals surface area contributed by atoms with Crippen LogP contribution in [0.1, 0.15) is 15.9 Å². The molecule has 0 bridgehead atoms. The summed E-state index contributed by atoms with van der Waals surface area (Å²) in [7, 11) is 3.10. The molecule has 6 heteroatoms. The van der Waals surface area contributed by atoms with Gasteiger partial charge in [-0.1, -0.05) is 6.07 Å². The van der Waals surface area contributed by atoms with E-state index in [-0.39, 0.29) is 5.91 Å². The van der Waals surface area contributed by atoms with Crippen molar-refractivity contribution in [3.63, 3.8) is 0 Å². The summed E-state index contributed by atoms with van der Waals surface area (Å²) in [5.74, 6) is 0.934. The molecule has 1 N–H and O–H groups in total. The highest BCUT2D eigenvalue weighted by Crippen LogP contribution is 2.27. The Labute approximate surface area is 133 Å². The maximum Gasteiger partial charge on any atom is 0.251 e. The Balaban J connectivity index is 1.74. The minimum absolute atomic E-state index is 0.179. The third kappa shape index (κ3) is 2.96. The van der Waals surface area contributed by atoms with E-state index in [0.717, 1.165) is 11.1 Å². The fourth-order valence-electron chi connectivity index (χ4n) is 2.38. The number of nitrogens with one attached hydrogen (secondary N) is 1. The van der Waals surface area contributed by atoms with Crippen LogP contribution in [0.3, 0.4) is 0 Å². The van der Waals surface area contributed by atoms with Gasteiger partial charge in [0.2, 0.25) is 0 Å². The maximum absolute atomic E-state index is 12.3. The number of carbonyl (C=O) groups excluding carboxylic acids is 1. The van der Waals surface area contributed by atoms with E-state index < -0.39 is 0 Å². The van der Waals surface area contributed by atoms with Crippen LogP contribution < -0.4 is 14.8 Å². The molecule has 0 atom stereocenters. The van der Waals surface area contributed by atoms with Crippen LogP contribution >= 0.6 is 0 Å². The molecule has 0 saturated heterocycles. The molecule has 3 aromatic rings. The standard InChI is InChI=1S/C17H17N3O3/c1-22-15-7-6-12(9-16(15)23-2)17(21)18-10-13-11-19-20-8-4-3-5-14(13)20/h3-9,11H,10H2,1-2H3,(H,18,21). The number of rotatable bonds is 5. The molecule has 0 unspecified atom stereocenters. The third-order valence-electron chi connectivity index (χ3n) is 3.59. The largest absolute Gasteiger partial charge is 0.493 e. The third-order valence-corrected chi connectivity index (χ3v) is 3.59. The summed E-state index contributed by atoms with van der Waals surface area (Å²) in [6, 6.07) is 10.9. The van der Waals surface area contributed by atoms with Gasteiger partial charge in [0, 0.05) is 23.9 Å². The molecule has 0 aliphatic rings. The van der Waals surface area contributed by atoms with E-state index in [2.05, 4.69) is 10.4 Å². The van der Waals surface area contributed by atoms with Crippen molar-refractivity contribution in [2.45, 2.75) is 6.54 Å². The second-order valence-electron chi connectivity index (χ2n) is 4.95. The Kier molecular flexibility index (Phi) is 4.14. The van der Waals surface area contributed by atoms with Crippen molar-refractivity contribution in [1.29, 1.82) is 0 Å². The van der Waals surface area contributed by atoms with Gasteiger partial charge in [-0.15, -0.1) is 0 Å². The van der Waals surface area contributed by atoms with E-state index in [4.69, 9.17) is 9.47 Å². The van der Waals surface area contributed by atoms with Crippen molar-refractivity contribution in [3.05, 3.63) is 59.9 Å². The zero-order valence-corrected chi connectivity index (χ0v) is 12.9. The summed E-state index contributed by atoms with van der Waals surface area (Å²) in [4.78, 5) is 12.3. The second kappa shape index (κ2) is 6.39. The fourth-order valence-corrected chi connectivity index (χ4v) is 2.38. The molecule has 1 aromatic carbocycles. The molecule has 0 aliphatic heterocycles. The summed E-state index contributed by atoms with van der Waals surface area (Å²) < 4.78 is 12.2. The number of aromatic nitrogens is 2. The molecule has 0 fully saturated rings. The topological polar surface area (TPSA) is 64.9 Å². The molecule has 0 saturated carbocycles. The quantitative estimate of drug-likeness (QED) is 0.785. The molecule has 23 heavy (non-hydrogen) atoms. The summed E-state index contributed by atoms with van der Waals surface area (Å²) >= 11 is 0. The first-order chi connectivity index (χ1) is 11.2. The van der Waals surface area contributed by atoms with Crippen molar-refractivity contribution < 1.29 is 14.3 Å². The molecule has 0 aliphatic carbocycles. The monoisotopic (exact) mass is 311 g/mol. The number of ether oxygens (including phenoxy) is 2. The highest BCUT2D eigenvalue weighted by Gasteiger charge is 2.11. The van der Waals surface area contributed by atoms with E-state index >= 15 is 0 Å². The molecule has 1 amide bonds. The van der Waals surface area contributed by atoms with Crippen LogP contribution in [0.25, 0.3) is 5.52 Å². The van der Waals surface area contributed by atoms with Crippen molar-refractivity contribution >= 4 is 11.4 Å². The summed E-state index contributed by atoms with van der Waals surface area (Å²) in [5.41, 5.74) is 2.44. The smallest absolute Gasteiger partial charge is 0.251 e. The molecule has 6 nitrogen and oxygen atoms in total. The van der Waals surface area contributed by atoms with Crippen LogP contribution in [0, 0.1) is 0 Å². The van der Waals surface area contributed by atoms with Crippen molar-refractivity contribution in [1.82, 2.24) is 14.9 Å². The summed E-state index contributed by atoms with van der Waals surface area (Å²) in [6.45, 7) is 0.403. The number of fused-ring (bicyclic) bond motifs is 1. The van der Waals surface area contributed by atoms with Gasteiger partial charge in [-0.05, 0) is 30.3 Å². The van der Waals surface area contributed by atoms with Gasteiger partial charge < -0.3 is 14.8 Å². The minimum atomic E-state index is -0.179. The molecule has 0 spiro atoms. The zero-order valence-electron chi connectivity index (χ0n) is 12.9. The predicted octanol–water partition coefficient (Wildman–Crippen LogP) is 2.28. The minimum Gasteiger partial charge on any atom is -0.493 e. The molecule has 2 aromatic heterocycles. The number of carbonyl (C=O) groups is 1. The first-order valence-corrected chi connectivity index (χ1v) is 7.14. The number of benzene rings is 1. The van der Waals surface area contributed by atoms with Crippen LogP contribution in [0.5, 0.6) is 11.5 Å². The first kappa shape index (κ1) is 14.9. The zero-order chi connectivity index (χ0) is 16.2. The van der Waals surface area contributed by atoms with Crippen molar-refractivity contribution in [2.24, 2.45) is 0 Å². The van der Waals surface area contributed by atoms with Crippen LogP contribution in [-0.2, 0) is 6.54 Å². The van der Waals surface area contributed by atoms with Gasteiger partial charge in [0.15, 0.2) is 11.5 Å². The molecular weight excluding hydrogens is 294 g/mol. The Bertz CT molecular complexity index is 842. The Morgan fingerprint density at radius 1 is 1.17 bits per heavy atom. The molecule has 2 heterocycles. The number of pyridine rings is 1. The Morgan fingerprint density at radius 2 is 2.00 bits per heavy atom. The van der Waals surface area contributed by atoms with Gasteiger partial charge in [0.1, 0.15) is 0 Å². The Hall–Kier alpha value is -3.02. The van der Waals surface area contributed by atoms with Crippen LogP contribution in [0.2, 0.25) is 0 Å². The average Bonchev–Trinajstić information content (AvgIpc) is 3.02. The number of methoxy groups -OCH3 is 2. The van der Waals surface area contributed by atoms with Crippen LogP contribution in [-0.4, -0.2) is 29.7 Å². The van der Waals surface area contributed by atoms with Gasteiger partial charge in [-0.3, -0.25) is 4.79 Å². The summed E-state index contributed by atoms with van der Waals surface area (Å²) in [6.07, 6.45) is 3.62. The van der Waals surface area contributed by atoms with Gasteiger partial charge in [0.05, 0.1) is 25.9 Å². The van der Waals surface area contributed by atoms with Gasteiger partial charge in [-0.2, -0.15) is 5.10 Å². The lowest BCUT2D eigenvalue weighted by Crippen LogP contribution is -2.22. The second-order valence-corrected chi connectivity index (χ2v) is 4.95. The molecule has 118 valence electrons. The van der Waals surface area contributed by atoms with Gasteiger partial charge in [0.25, 0.3) is 5.91 Å². The van der Waals surface area contributed by atoms with E-state index in [0.29, 0.717) is 23.6 Å². The molecular formula is C17H17N3O3.